The first-order valence-electron chi connectivity index (χ1n) is 4.51. The van der Waals surface area contributed by atoms with Crippen LogP contribution in [-0.2, 0) is 23.3 Å². The summed E-state index contributed by atoms with van der Waals surface area (Å²) in [6.45, 7) is 2.40. The molecule has 0 saturated carbocycles. The minimum atomic E-state index is -5.04. The van der Waals surface area contributed by atoms with Crippen molar-refractivity contribution in [2.24, 2.45) is 5.84 Å². The van der Waals surface area contributed by atoms with Crippen molar-refractivity contribution in [2.75, 3.05) is 13.2 Å². The van der Waals surface area contributed by atoms with Crippen molar-refractivity contribution in [3.05, 3.63) is 12.7 Å². The highest BCUT2D eigenvalue weighted by atomic mass is 31.2. The van der Waals surface area contributed by atoms with E-state index in [1.165, 1.54) is 0 Å². The van der Waals surface area contributed by atoms with Gasteiger partial charge in [0.2, 0.25) is 0 Å². The molecule has 1 fully saturated rings. The Bertz CT molecular complexity index is 403. The molecule has 1 rings (SSSR count). The number of amides is 1. The minimum Gasteiger partial charge on any atom is -0.426 e. The second-order valence-corrected chi connectivity index (χ2v) is 4.46. The Morgan fingerprint density at radius 2 is 2.44 bits per heavy atom. The van der Waals surface area contributed by atoms with Crippen LogP contribution >= 0.6 is 7.83 Å². The van der Waals surface area contributed by atoms with Gasteiger partial charge >= 0.3 is 20.1 Å². The van der Waals surface area contributed by atoms with Gasteiger partial charge in [-0.25, -0.2) is 20.0 Å². The van der Waals surface area contributed by atoms with Crippen molar-refractivity contribution in [2.45, 2.75) is 6.29 Å². The zero-order chi connectivity index (χ0) is 13.8. The quantitative estimate of drug-likeness (QED) is 0.199. The van der Waals surface area contributed by atoms with Gasteiger partial charge in [-0.2, -0.15) is 0 Å². The van der Waals surface area contributed by atoms with Crippen LogP contribution in [0.3, 0.4) is 0 Å². The van der Waals surface area contributed by atoms with Gasteiger partial charge in [-0.05, 0) is 0 Å². The summed E-state index contributed by atoms with van der Waals surface area (Å²) < 4.78 is 41.3. The van der Waals surface area contributed by atoms with Crippen LogP contribution in [0.5, 0.6) is 0 Å². The van der Waals surface area contributed by atoms with Gasteiger partial charge in [0.1, 0.15) is 0 Å². The normalized spacial score (nSPS) is 21.4. The molecule has 0 bridgehead atoms. The Morgan fingerprint density at radius 1 is 1.78 bits per heavy atom. The van der Waals surface area contributed by atoms with Crippen LogP contribution in [0, 0.1) is 0 Å². The van der Waals surface area contributed by atoms with Crippen LogP contribution in [0.15, 0.2) is 12.7 Å². The summed E-state index contributed by atoms with van der Waals surface area (Å²) in [5, 5.41) is 0. The summed E-state index contributed by atoms with van der Waals surface area (Å²) in [5.74, 6) is 4.93. The van der Waals surface area contributed by atoms with Gasteiger partial charge in [0.05, 0.1) is 6.61 Å². The van der Waals surface area contributed by atoms with Crippen LogP contribution < -0.4 is 5.84 Å². The largest absolute Gasteiger partial charge is 0.511 e. The molecule has 18 heavy (non-hydrogen) atoms. The number of hydrogen-bond acceptors (Lipinski definition) is 8. The van der Waals surface area contributed by atoms with Crippen LogP contribution in [0.4, 0.5) is 13.8 Å². The Kier molecular flexibility index (Phi) is 4.65. The number of ether oxygens (including phenoxy) is 3. The zero-order valence-corrected chi connectivity index (χ0v) is 9.88. The van der Waals surface area contributed by atoms with E-state index in [0.29, 0.717) is 0 Å². The minimum absolute atomic E-state index is 0.358. The molecule has 0 spiro atoms. The summed E-state index contributed by atoms with van der Waals surface area (Å²) >= 11 is 0. The molecule has 1 heterocycles. The molecule has 102 valence electrons. The van der Waals surface area contributed by atoms with Gasteiger partial charge in [-0.15, -0.1) is 15.6 Å². The molecule has 0 aliphatic carbocycles. The Labute approximate surface area is 101 Å². The maximum Gasteiger partial charge on any atom is 0.511 e. The van der Waals surface area contributed by atoms with Gasteiger partial charge in [-0.3, -0.25) is 4.52 Å². The van der Waals surface area contributed by atoms with Gasteiger partial charge in [0.15, 0.2) is 6.61 Å². The number of carbonyl (C=O) groups excluding carboxylic acids is 2. The lowest BCUT2D eigenvalue weighted by molar-refractivity contribution is -0.0389. The smallest absolute Gasteiger partial charge is 0.426 e. The van der Waals surface area contributed by atoms with Crippen molar-refractivity contribution >= 4 is 20.1 Å². The molecule has 2 atom stereocenters. The predicted molar refractivity (Wildman–Crippen MR) is 53.6 cm³/mol. The first-order chi connectivity index (χ1) is 8.36. The number of hydrogen-bond donors (Lipinski definition) is 1. The lowest BCUT2D eigenvalue weighted by atomic mass is 10.7. The van der Waals surface area contributed by atoms with Crippen LogP contribution in [0.2, 0.25) is 0 Å². The monoisotopic (exact) mass is 284 g/mol. The highest BCUT2D eigenvalue weighted by Crippen LogP contribution is 2.50. The fourth-order valence-electron chi connectivity index (χ4n) is 0.840. The van der Waals surface area contributed by atoms with E-state index in [9.17, 15) is 18.4 Å². The third kappa shape index (κ3) is 3.69. The average Bonchev–Trinajstić information content (AvgIpc) is 2.71. The van der Waals surface area contributed by atoms with E-state index in [-0.39, 0.29) is 11.4 Å². The molecule has 0 aromatic carbocycles. The second kappa shape index (κ2) is 5.80. The maximum atomic E-state index is 13.3. The highest BCUT2D eigenvalue weighted by molar-refractivity contribution is 7.51. The fraction of sp³-hybridized carbons (Fsp3) is 0.429. The van der Waals surface area contributed by atoms with Crippen molar-refractivity contribution in [1.82, 2.24) is 4.78 Å². The number of nitrogens with two attached hydrogens (primary N) is 1. The molecule has 2 N–H and O–H groups in total. The molecule has 2 unspecified atom stereocenters. The third-order valence-corrected chi connectivity index (χ3v) is 2.74. The number of carbonyl (C=O) groups is 2. The zero-order valence-electron chi connectivity index (χ0n) is 8.98. The summed E-state index contributed by atoms with van der Waals surface area (Å²) in [6, 6.07) is 0. The number of halogens is 1. The molecule has 1 aliphatic rings. The topological polar surface area (TPSA) is 117 Å². The van der Waals surface area contributed by atoms with E-state index < -0.39 is 33.0 Å². The lowest BCUT2D eigenvalue weighted by Gasteiger charge is -2.19. The Balaban J connectivity index is 2.52. The van der Waals surface area contributed by atoms with Crippen molar-refractivity contribution in [3.63, 3.8) is 0 Å². The lowest BCUT2D eigenvalue weighted by Crippen LogP contribution is -2.37. The van der Waals surface area contributed by atoms with E-state index in [4.69, 9.17) is 5.84 Å². The van der Waals surface area contributed by atoms with E-state index in [2.05, 4.69) is 25.3 Å². The fourth-order valence-corrected chi connectivity index (χ4v) is 1.50. The molecule has 0 aromatic rings. The molecule has 1 saturated heterocycles. The summed E-state index contributed by atoms with van der Waals surface area (Å²) in [4.78, 5) is 21.7. The van der Waals surface area contributed by atoms with Gasteiger partial charge < -0.3 is 14.2 Å². The standard InChI is InChI=1S/C7H10FN2O7P/c1-2-3-15-18(8,13)10(9)6(11)16-5-4-14-7(12)17-5/h2,5H,1,3-4,9H2. The number of rotatable bonds is 5. The number of hydrazine groups is 1. The summed E-state index contributed by atoms with van der Waals surface area (Å²) in [5.41, 5.74) is 0. The molecule has 1 aliphatic heterocycles. The Morgan fingerprint density at radius 3 is 2.94 bits per heavy atom. The number of nitrogens with zero attached hydrogens (tertiary/aromatic N) is 1. The molecular weight excluding hydrogens is 274 g/mol. The SMILES string of the molecule is C=CCOP(=O)(F)N(N)C(=O)OC1COC(=O)O1. The first-order valence-corrected chi connectivity index (χ1v) is 5.98. The molecule has 1 amide bonds. The van der Waals surface area contributed by atoms with Crippen molar-refractivity contribution in [1.29, 1.82) is 0 Å². The third-order valence-electron chi connectivity index (χ3n) is 1.59. The molecule has 11 heteroatoms. The van der Waals surface area contributed by atoms with Crippen molar-refractivity contribution in [3.8, 4) is 0 Å². The number of cyclic esters (lactones) is 2. The van der Waals surface area contributed by atoms with Gasteiger partial charge in [0, 0.05) is 0 Å². The van der Waals surface area contributed by atoms with E-state index in [0.717, 1.165) is 6.08 Å². The maximum absolute atomic E-state index is 13.3. The summed E-state index contributed by atoms with van der Waals surface area (Å²) in [7, 11) is -5.04. The molecular formula is C7H10FN2O7P. The van der Waals surface area contributed by atoms with Gasteiger partial charge in [0.25, 0.3) is 6.29 Å². The van der Waals surface area contributed by atoms with E-state index in [1.54, 1.807) is 0 Å². The summed E-state index contributed by atoms with van der Waals surface area (Å²) in [6.07, 6.45) is -2.86. The first kappa shape index (κ1) is 14.4. The average molecular weight is 284 g/mol. The molecule has 0 radical (unpaired) electrons. The van der Waals surface area contributed by atoms with Crippen molar-refractivity contribution < 1.29 is 37.1 Å². The van der Waals surface area contributed by atoms with Crippen LogP contribution in [-0.4, -0.2) is 36.5 Å². The predicted octanol–water partition coefficient (Wildman–Crippen LogP) is 1.07. The van der Waals surface area contributed by atoms with Crippen LogP contribution in [0.25, 0.3) is 0 Å². The Hall–Kier alpha value is -1.64. The second-order valence-electron chi connectivity index (χ2n) is 2.87. The van der Waals surface area contributed by atoms with E-state index >= 15 is 0 Å². The molecule has 0 aromatic heterocycles. The van der Waals surface area contributed by atoms with Gasteiger partial charge in [-0.1, -0.05) is 6.08 Å². The van der Waals surface area contributed by atoms with Crippen LogP contribution in [0.1, 0.15) is 0 Å². The molecule has 9 nitrogen and oxygen atoms in total. The highest BCUT2D eigenvalue weighted by Gasteiger charge is 2.38. The van der Waals surface area contributed by atoms with E-state index in [1.807, 2.05) is 0 Å².